The molecule has 4 heteroatoms. The minimum Gasteiger partial charge on any atom is -0.497 e. The minimum atomic E-state index is 0.222. The fourth-order valence-corrected chi connectivity index (χ4v) is 2.02. The first kappa shape index (κ1) is 11.6. The summed E-state index contributed by atoms with van der Waals surface area (Å²) >= 11 is 6.10. The summed E-state index contributed by atoms with van der Waals surface area (Å²) in [6, 6.07) is 5.49. The molecule has 1 N–H and O–H groups in total. The quantitative estimate of drug-likeness (QED) is 0.882. The SMILES string of the molecule is COc1ccc(O[C@@H]2CCCNC2)c(Cl)c1. The second-order valence-electron chi connectivity index (χ2n) is 3.88. The van der Waals surface area contributed by atoms with Crippen LogP contribution in [0.5, 0.6) is 11.5 Å². The molecule has 3 nitrogen and oxygen atoms in total. The van der Waals surface area contributed by atoms with E-state index in [1.54, 1.807) is 13.2 Å². The van der Waals surface area contributed by atoms with E-state index in [0.717, 1.165) is 37.4 Å². The van der Waals surface area contributed by atoms with Crippen LogP contribution < -0.4 is 14.8 Å². The lowest BCUT2D eigenvalue weighted by Gasteiger charge is -2.24. The number of benzene rings is 1. The highest BCUT2D eigenvalue weighted by Crippen LogP contribution is 2.30. The maximum absolute atomic E-state index is 6.10. The molecule has 1 aromatic rings. The topological polar surface area (TPSA) is 30.5 Å². The van der Waals surface area contributed by atoms with Crippen LogP contribution in [0.2, 0.25) is 5.02 Å². The number of halogens is 1. The summed E-state index contributed by atoms with van der Waals surface area (Å²) in [5.41, 5.74) is 0. The molecule has 0 spiro atoms. The Morgan fingerprint density at radius 1 is 1.44 bits per heavy atom. The van der Waals surface area contributed by atoms with E-state index in [1.807, 2.05) is 12.1 Å². The summed E-state index contributed by atoms with van der Waals surface area (Å²) in [7, 11) is 1.62. The number of ether oxygens (including phenoxy) is 2. The third-order valence-electron chi connectivity index (χ3n) is 2.68. The molecule has 88 valence electrons. The van der Waals surface area contributed by atoms with E-state index >= 15 is 0 Å². The Bertz CT molecular complexity index is 351. The van der Waals surface area contributed by atoms with Gasteiger partial charge in [-0.25, -0.2) is 0 Å². The zero-order valence-electron chi connectivity index (χ0n) is 9.33. The molecule has 1 aliphatic rings. The summed E-state index contributed by atoms with van der Waals surface area (Å²) in [5.74, 6) is 1.48. The van der Waals surface area contributed by atoms with Gasteiger partial charge in [-0.15, -0.1) is 0 Å². The lowest BCUT2D eigenvalue weighted by molar-refractivity contribution is 0.167. The van der Waals surface area contributed by atoms with Crippen LogP contribution in [0.15, 0.2) is 18.2 Å². The average molecular weight is 242 g/mol. The van der Waals surface area contributed by atoms with E-state index in [4.69, 9.17) is 21.1 Å². The third-order valence-corrected chi connectivity index (χ3v) is 2.98. The molecule has 0 radical (unpaired) electrons. The summed E-state index contributed by atoms with van der Waals surface area (Å²) in [4.78, 5) is 0. The van der Waals surface area contributed by atoms with Gasteiger partial charge < -0.3 is 14.8 Å². The molecule has 1 fully saturated rings. The van der Waals surface area contributed by atoms with Gasteiger partial charge in [-0.1, -0.05) is 11.6 Å². The van der Waals surface area contributed by atoms with Crippen molar-refractivity contribution < 1.29 is 9.47 Å². The van der Waals surface area contributed by atoms with Crippen molar-refractivity contribution in [3.8, 4) is 11.5 Å². The predicted octanol–water partition coefficient (Wildman–Crippen LogP) is 2.48. The van der Waals surface area contributed by atoms with Crippen LogP contribution in [0.1, 0.15) is 12.8 Å². The molecule has 0 amide bonds. The molecule has 1 heterocycles. The zero-order chi connectivity index (χ0) is 11.4. The summed E-state index contributed by atoms with van der Waals surface area (Å²) < 4.78 is 10.9. The Kier molecular flexibility index (Phi) is 3.91. The van der Waals surface area contributed by atoms with Crippen LogP contribution in [-0.4, -0.2) is 26.3 Å². The maximum Gasteiger partial charge on any atom is 0.138 e. The minimum absolute atomic E-state index is 0.222. The van der Waals surface area contributed by atoms with Gasteiger partial charge in [0, 0.05) is 12.6 Å². The van der Waals surface area contributed by atoms with Crippen molar-refractivity contribution in [2.45, 2.75) is 18.9 Å². The van der Waals surface area contributed by atoms with Crippen LogP contribution in [0.3, 0.4) is 0 Å². The van der Waals surface area contributed by atoms with Crippen molar-refractivity contribution in [3.05, 3.63) is 23.2 Å². The van der Waals surface area contributed by atoms with Crippen molar-refractivity contribution >= 4 is 11.6 Å². The lowest BCUT2D eigenvalue weighted by atomic mass is 10.1. The van der Waals surface area contributed by atoms with Gasteiger partial charge in [0.2, 0.25) is 0 Å². The van der Waals surface area contributed by atoms with Crippen molar-refractivity contribution in [2.75, 3.05) is 20.2 Å². The standard InChI is InChI=1S/C12H16ClNO2/c1-15-9-4-5-12(11(13)7-9)16-10-3-2-6-14-8-10/h4-5,7,10,14H,2-3,6,8H2,1H3/t10-/m1/s1. The number of hydrogen-bond donors (Lipinski definition) is 1. The Morgan fingerprint density at radius 2 is 2.31 bits per heavy atom. The Hall–Kier alpha value is -0.930. The van der Waals surface area contributed by atoms with E-state index in [-0.39, 0.29) is 6.10 Å². The lowest BCUT2D eigenvalue weighted by Crippen LogP contribution is -2.37. The number of methoxy groups -OCH3 is 1. The van der Waals surface area contributed by atoms with Crippen molar-refractivity contribution in [2.24, 2.45) is 0 Å². The predicted molar refractivity (Wildman–Crippen MR) is 64.5 cm³/mol. The molecule has 1 saturated heterocycles. The normalized spacial score (nSPS) is 20.5. The first-order valence-corrected chi connectivity index (χ1v) is 5.88. The molecule has 0 aromatic heterocycles. The Morgan fingerprint density at radius 3 is 2.94 bits per heavy atom. The molecule has 2 rings (SSSR count). The Labute approximate surface area is 101 Å². The van der Waals surface area contributed by atoms with E-state index < -0.39 is 0 Å². The van der Waals surface area contributed by atoms with Crippen LogP contribution in [0.25, 0.3) is 0 Å². The van der Waals surface area contributed by atoms with Gasteiger partial charge >= 0.3 is 0 Å². The molecule has 0 aliphatic carbocycles. The highest BCUT2D eigenvalue weighted by atomic mass is 35.5. The molecular weight excluding hydrogens is 226 g/mol. The first-order valence-electron chi connectivity index (χ1n) is 5.50. The smallest absolute Gasteiger partial charge is 0.138 e. The second-order valence-corrected chi connectivity index (χ2v) is 4.29. The van der Waals surface area contributed by atoms with Crippen LogP contribution in [-0.2, 0) is 0 Å². The molecule has 1 atom stereocenters. The van der Waals surface area contributed by atoms with E-state index in [1.165, 1.54) is 0 Å². The Balaban J connectivity index is 2.03. The molecule has 16 heavy (non-hydrogen) atoms. The average Bonchev–Trinajstić information content (AvgIpc) is 2.33. The molecule has 0 bridgehead atoms. The van der Waals surface area contributed by atoms with Crippen molar-refractivity contribution in [1.29, 1.82) is 0 Å². The van der Waals surface area contributed by atoms with Crippen LogP contribution in [0.4, 0.5) is 0 Å². The van der Waals surface area contributed by atoms with Gasteiger partial charge in [0.25, 0.3) is 0 Å². The second kappa shape index (κ2) is 5.41. The van der Waals surface area contributed by atoms with Crippen LogP contribution >= 0.6 is 11.6 Å². The number of hydrogen-bond acceptors (Lipinski definition) is 3. The maximum atomic E-state index is 6.10. The number of nitrogens with one attached hydrogen (secondary N) is 1. The van der Waals surface area contributed by atoms with Crippen molar-refractivity contribution in [3.63, 3.8) is 0 Å². The van der Waals surface area contributed by atoms with Gasteiger partial charge in [-0.2, -0.15) is 0 Å². The molecular formula is C12H16ClNO2. The zero-order valence-corrected chi connectivity index (χ0v) is 10.1. The van der Waals surface area contributed by atoms with Gasteiger partial charge in [0.1, 0.15) is 17.6 Å². The van der Waals surface area contributed by atoms with Gasteiger partial charge in [-0.3, -0.25) is 0 Å². The largest absolute Gasteiger partial charge is 0.497 e. The van der Waals surface area contributed by atoms with Gasteiger partial charge in [0.15, 0.2) is 0 Å². The van der Waals surface area contributed by atoms with E-state index in [0.29, 0.717) is 5.02 Å². The fourth-order valence-electron chi connectivity index (χ4n) is 1.80. The highest BCUT2D eigenvalue weighted by Gasteiger charge is 2.15. The van der Waals surface area contributed by atoms with E-state index in [9.17, 15) is 0 Å². The summed E-state index contributed by atoms with van der Waals surface area (Å²) in [5, 5.41) is 3.91. The molecule has 1 aromatic carbocycles. The van der Waals surface area contributed by atoms with Crippen LogP contribution in [0, 0.1) is 0 Å². The summed E-state index contributed by atoms with van der Waals surface area (Å²) in [6.45, 7) is 1.97. The number of rotatable bonds is 3. The summed E-state index contributed by atoms with van der Waals surface area (Å²) in [6.07, 6.45) is 2.45. The number of piperidine rings is 1. The third kappa shape index (κ3) is 2.80. The highest BCUT2D eigenvalue weighted by molar-refractivity contribution is 6.32. The molecule has 1 aliphatic heterocycles. The molecule has 0 unspecified atom stereocenters. The van der Waals surface area contributed by atoms with Gasteiger partial charge in [-0.05, 0) is 31.5 Å². The van der Waals surface area contributed by atoms with Crippen molar-refractivity contribution in [1.82, 2.24) is 5.32 Å². The van der Waals surface area contributed by atoms with E-state index in [2.05, 4.69) is 5.32 Å². The fraction of sp³-hybridized carbons (Fsp3) is 0.500. The van der Waals surface area contributed by atoms with Gasteiger partial charge in [0.05, 0.1) is 12.1 Å². The monoisotopic (exact) mass is 241 g/mol. The molecule has 0 saturated carbocycles. The first-order chi connectivity index (χ1) is 7.79.